The van der Waals surface area contributed by atoms with Gasteiger partial charge < -0.3 is 4.42 Å². The molecule has 4 heteroatoms. The molecule has 0 saturated heterocycles. The van der Waals surface area contributed by atoms with Crippen molar-refractivity contribution in [1.29, 1.82) is 0 Å². The molecule has 0 amide bonds. The van der Waals surface area contributed by atoms with E-state index in [1.807, 2.05) is 60.7 Å². The summed E-state index contributed by atoms with van der Waals surface area (Å²) in [5.74, 6) is 1.25. The minimum absolute atomic E-state index is 0.104. The van der Waals surface area contributed by atoms with Crippen LogP contribution in [0.1, 0.15) is 4.11 Å². The molecule has 0 aliphatic rings. The molecule has 0 saturated carbocycles. The van der Waals surface area contributed by atoms with Gasteiger partial charge in [-0.1, -0.05) is 127 Å². The van der Waals surface area contributed by atoms with Crippen molar-refractivity contribution in [2.24, 2.45) is 0 Å². The fourth-order valence-electron chi connectivity index (χ4n) is 6.75. The van der Waals surface area contributed by atoms with Crippen molar-refractivity contribution < 1.29 is 8.53 Å². The molecule has 4 nitrogen and oxygen atoms in total. The minimum atomic E-state index is 0.104. The van der Waals surface area contributed by atoms with E-state index >= 15 is 0 Å². The van der Waals surface area contributed by atoms with Crippen LogP contribution >= 0.6 is 0 Å². The van der Waals surface area contributed by atoms with Crippen LogP contribution in [0.5, 0.6) is 0 Å². The SMILES string of the molecule is [2H]c1cc([2H])c2oc3cc(-c4ccc5ccccc5c4)c([2H])c(-c4nc(-c5ccc6ccccc6c5)nc(-c5ccc6ccccc6c5)n4)c3c2c1. The Kier molecular flexibility index (Phi) is 5.49. The number of fused-ring (bicyclic) bond motifs is 6. The van der Waals surface area contributed by atoms with Crippen LogP contribution in [0.3, 0.4) is 0 Å². The lowest BCUT2D eigenvalue weighted by Crippen LogP contribution is -2.01. The molecule has 8 aromatic carbocycles. The molecule has 0 N–H and O–H groups in total. The van der Waals surface area contributed by atoms with Gasteiger partial charge in [0.15, 0.2) is 17.5 Å². The molecule has 49 heavy (non-hydrogen) atoms. The van der Waals surface area contributed by atoms with Crippen LogP contribution in [0.15, 0.2) is 168 Å². The zero-order chi connectivity index (χ0) is 34.9. The number of nitrogens with zero attached hydrogens (tertiary/aromatic N) is 3. The first-order chi connectivity index (χ1) is 25.5. The van der Waals surface area contributed by atoms with E-state index < -0.39 is 0 Å². The Morgan fingerprint density at radius 2 is 0.939 bits per heavy atom. The van der Waals surface area contributed by atoms with Crippen LogP contribution in [0.4, 0.5) is 0 Å². The summed E-state index contributed by atoms with van der Waals surface area (Å²) < 4.78 is 33.5. The molecule has 0 radical (unpaired) electrons. The maximum Gasteiger partial charge on any atom is 0.164 e. The summed E-state index contributed by atoms with van der Waals surface area (Å²) in [7, 11) is 0. The quantitative estimate of drug-likeness (QED) is 0.195. The van der Waals surface area contributed by atoms with Gasteiger partial charge in [-0.3, -0.25) is 0 Å². The predicted molar refractivity (Wildman–Crippen MR) is 201 cm³/mol. The number of aromatic nitrogens is 3. The zero-order valence-corrected chi connectivity index (χ0v) is 26.1. The van der Waals surface area contributed by atoms with Crippen molar-refractivity contribution in [3.05, 3.63) is 164 Å². The Labute approximate surface area is 286 Å². The molecule has 10 rings (SSSR count). The van der Waals surface area contributed by atoms with Crippen molar-refractivity contribution in [2.75, 3.05) is 0 Å². The lowest BCUT2D eigenvalue weighted by molar-refractivity contribution is 0.669. The van der Waals surface area contributed by atoms with Gasteiger partial charge in [-0.05, 0) is 79.8 Å². The first-order valence-corrected chi connectivity index (χ1v) is 16.2. The average molecular weight is 629 g/mol. The van der Waals surface area contributed by atoms with Crippen LogP contribution in [-0.2, 0) is 0 Å². The van der Waals surface area contributed by atoms with E-state index in [9.17, 15) is 1.37 Å². The van der Waals surface area contributed by atoms with E-state index in [1.165, 1.54) is 6.07 Å². The third-order valence-corrected chi connectivity index (χ3v) is 9.21. The van der Waals surface area contributed by atoms with E-state index in [0.29, 0.717) is 50.5 Å². The summed E-state index contributed by atoms with van der Waals surface area (Å²) in [6.07, 6.45) is 0. The number of hydrogen-bond donors (Lipinski definition) is 0. The van der Waals surface area contributed by atoms with Gasteiger partial charge in [0.1, 0.15) is 11.2 Å². The first kappa shape index (κ1) is 24.5. The highest BCUT2D eigenvalue weighted by molar-refractivity contribution is 6.13. The summed E-state index contributed by atoms with van der Waals surface area (Å²) in [4.78, 5) is 15.3. The molecule has 228 valence electrons. The van der Waals surface area contributed by atoms with Crippen LogP contribution in [0, 0.1) is 0 Å². The van der Waals surface area contributed by atoms with E-state index in [2.05, 4.69) is 72.8 Å². The van der Waals surface area contributed by atoms with Gasteiger partial charge in [0.2, 0.25) is 0 Å². The molecule has 0 fully saturated rings. The lowest BCUT2D eigenvalue weighted by Gasteiger charge is -2.12. The van der Waals surface area contributed by atoms with Crippen molar-refractivity contribution in [1.82, 2.24) is 15.0 Å². The van der Waals surface area contributed by atoms with Gasteiger partial charge in [0.25, 0.3) is 0 Å². The lowest BCUT2D eigenvalue weighted by atomic mass is 9.96. The standard InChI is InChI=1S/C45H27N3O/c1-4-12-31-23-34(20-17-28(31)9-1)37-26-39(42-38-15-7-8-16-40(38)49-41(42)27-37)45-47-43(35-21-18-29-10-2-5-13-32(29)24-35)46-44(48-45)36-22-19-30-11-3-6-14-33(30)25-36/h1-27H/i7D,16D,26D. The Bertz CT molecular complexity index is 2980. The molecule has 0 bridgehead atoms. The summed E-state index contributed by atoms with van der Waals surface area (Å²) >= 11 is 0. The maximum absolute atomic E-state index is 9.86. The van der Waals surface area contributed by atoms with Gasteiger partial charge in [-0.2, -0.15) is 0 Å². The molecule has 10 aromatic rings. The molecular formula is C45H27N3O. The highest BCUT2D eigenvalue weighted by atomic mass is 16.3. The predicted octanol–water partition coefficient (Wildman–Crippen LogP) is 11.9. The van der Waals surface area contributed by atoms with Crippen LogP contribution in [-0.4, -0.2) is 15.0 Å². The van der Waals surface area contributed by atoms with Crippen LogP contribution < -0.4 is 0 Å². The second kappa shape index (κ2) is 11.0. The number of benzene rings is 8. The van der Waals surface area contributed by atoms with Crippen molar-refractivity contribution in [3.8, 4) is 45.3 Å². The van der Waals surface area contributed by atoms with Gasteiger partial charge in [0, 0.05) is 27.5 Å². The molecule has 0 atom stereocenters. The number of rotatable bonds is 4. The molecular weight excluding hydrogens is 599 g/mol. The molecule has 2 aromatic heterocycles. The monoisotopic (exact) mass is 628 g/mol. The largest absolute Gasteiger partial charge is 0.456 e. The van der Waals surface area contributed by atoms with Crippen LogP contribution in [0.25, 0.3) is 99.5 Å². The average Bonchev–Trinajstić information content (AvgIpc) is 3.55. The molecule has 0 unspecified atom stereocenters. The smallest absolute Gasteiger partial charge is 0.164 e. The summed E-state index contributed by atoms with van der Waals surface area (Å²) in [5, 5.41) is 7.64. The van der Waals surface area contributed by atoms with E-state index in [4.69, 9.17) is 22.1 Å². The Morgan fingerprint density at radius 1 is 0.429 bits per heavy atom. The van der Waals surface area contributed by atoms with Crippen LogP contribution in [0.2, 0.25) is 0 Å². The zero-order valence-electron chi connectivity index (χ0n) is 29.1. The fraction of sp³-hybridized carbons (Fsp3) is 0. The fourth-order valence-corrected chi connectivity index (χ4v) is 6.75. The number of hydrogen-bond acceptors (Lipinski definition) is 4. The third-order valence-electron chi connectivity index (χ3n) is 9.21. The minimum Gasteiger partial charge on any atom is -0.456 e. The van der Waals surface area contributed by atoms with E-state index in [0.717, 1.165) is 49.0 Å². The second-order valence-corrected chi connectivity index (χ2v) is 12.2. The highest BCUT2D eigenvalue weighted by Crippen LogP contribution is 2.40. The van der Waals surface area contributed by atoms with Gasteiger partial charge in [-0.15, -0.1) is 0 Å². The molecule has 0 aliphatic carbocycles. The molecule has 0 spiro atoms. The van der Waals surface area contributed by atoms with Crippen molar-refractivity contribution >= 4 is 54.3 Å². The summed E-state index contributed by atoms with van der Waals surface area (Å²) in [5.41, 5.74) is 4.41. The molecule has 2 heterocycles. The normalized spacial score (nSPS) is 12.5. The topological polar surface area (TPSA) is 51.8 Å². The Morgan fingerprint density at radius 3 is 1.53 bits per heavy atom. The van der Waals surface area contributed by atoms with Gasteiger partial charge in [-0.25, -0.2) is 15.0 Å². The number of para-hydroxylation sites is 1. The van der Waals surface area contributed by atoms with Gasteiger partial charge >= 0.3 is 0 Å². The van der Waals surface area contributed by atoms with E-state index in [1.54, 1.807) is 6.07 Å². The van der Waals surface area contributed by atoms with Gasteiger partial charge in [0.05, 0.1) is 4.11 Å². The third kappa shape index (κ3) is 4.73. The van der Waals surface area contributed by atoms with Crippen molar-refractivity contribution in [2.45, 2.75) is 0 Å². The Balaban J connectivity index is 1.30. The Hall–Kier alpha value is -6.65. The summed E-state index contributed by atoms with van der Waals surface area (Å²) in [6.45, 7) is 0. The summed E-state index contributed by atoms with van der Waals surface area (Å²) in [6, 6.07) is 48.5. The maximum atomic E-state index is 9.86. The van der Waals surface area contributed by atoms with Crippen molar-refractivity contribution in [3.63, 3.8) is 0 Å². The number of furan rings is 1. The highest BCUT2D eigenvalue weighted by Gasteiger charge is 2.20. The molecule has 0 aliphatic heterocycles. The second-order valence-electron chi connectivity index (χ2n) is 12.2. The van der Waals surface area contributed by atoms with E-state index in [-0.39, 0.29) is 18.1 Å². The first-order valence-electron chi connectivity index (χ1n) is 17.7.